The third-order valence-corrected chi connectivity index (χ3v) is 4.54. The fraction of sp³-hybridized carbons (Fsp3) is 0.125. The molecule has 0 saturated carbocycles. The molecule has 0 saturated heterocycles. The Balaban J connectivity index is 2.24. The van der Waals surface area contributed by atoms with E-state index >= 15 is 0 Å². The lowest BCUT2D eigenvalue weighted by molar-refractivity contribution is 0.400. The number of nitrogens with zero attached hydrogens (tertiary/aromatic N) is 2. The van der Waals surface area contributed by atoms with E-state index in [1.54, 1.807) is 25.4 Å². The van der Waals surface area contributed by atoms with E-state index in [0.29, 0.717) is 22.6 Å². The van der Waals surface area contributed by atoms with Crippen LogP contribution in [0.25, 0.3) is 22.4 Å². The summed E-state index contributed by atoms with van der Waals surface area (Å²) in [7, 11) is -4.53. The molecule has 0 bridgehead atoms. The summed E-state index contributed by atoms with van der Waals surface area (Å²) in [5.74, 6) is -2.25. The second-order valence-corrected chi connectivity index (χ2v) is 7.03. The molecule has 0 radical (unpaired) electrons. The second-order valence-electron chi connectivity index (χ2n) is 5.53. The minimum atomic E-state index is -4.53. The van der Waals surface area contributed by atoms with Crippen LogP contribution in [0.2, 0.25) is 0 Å². The van der Waals surface area contributed by atoms with Gasteiger partial charge in [-0.2, -0.15) is 0 Å². The number of primary sulfonamides is 1. The molecular weight excluding hydrogens is 352 g/mol. The van der Waals surface area contributed by atoms with Gasteiger partial charge in [0, 0.05) is 18.0 Å². The first-order valence-corrected chi connectivity index (χ1v) is 8.63. The maximum Gasteiger partial charge on any atom is 0.243 e. The molecule has 0 unspecified atom stereocenters. The summed E-state index contributed by atoms with van der Waals surface area (Å²) >= 11 is 0. The molecule has 0 fully saturated rings. The van der Waals surface area contributed by atoms with Crippen LogP contribution in [0.5, 0.6) is 0 Å². The molecule has 130 valence electrons. The van der Waals surface area contributed by atoms with Gasteiger partial charge in [0.15, 0.2) is 4.90 Å². The van der Waals surface area contributed by atoms with Gasteiger partial charge < -0.3 is 4.52 Å². The largest absolute Gasteiger partial charge is 0.360 e. The molecule has 2 aromatic heterocycles. The molecular formula is C16H13F2N3O3S. The molecule has 0 aliphatic carbocycles. The molecule has 9 heteroatoms. The highest BCUT2D eigenvalue weighted by Crippen LogP contribution is 2.36. The zero-order chi connectivity index (χ0) is 18.4. The van der Waals surface area contributed by atoms with E-state index < -0.39 is 26.6 Å². The zero-order valence-corrected chi connectivity index (χ0v) is 14.1. The van der Waals surface area contributed by atoms with E-state index in [0.717, 1.165) is 17.7 Å². The van der Waals surface area contributed by atoms with Gasteiger partial charge in [0.25, 0.3) is 0 Å². The summed E-state index contributed by atoms with van der Waals surface area (Å²) in [4.78, 5) is 2.88. The van der Waals surface area contributed by atoms with Crippen molar-refractivity contribution in [3.63, 3.8) is 0 Å². The van der Waals surface area contributed by atoms with Gasteiger partial charge >= 0.3 is 0 Å². The van der Waals surface area contributed by atoms with Crippen LogP contribution in [-0.2, 0) is 10.0 Å². The van der Waals surface area contributed by atoms with Crippen molar-refractivity contribution in [2.75, 3.05) is 0 Å². The maximum absolute atomic E-state index is 14.2. The smallest absolute Gasteiger partial charge is 0.243 e. The molecule has 0 aliphatic rings. The highest BCUT2D eigenvalue weighted by atomic mass is 32.2. The maximum atomic E-state index is 14.2. The molecule has 0 atom stereocenters. The SMILES string of the molecule is Cc1cncc(-c2noc(C)c2-c2cc(F)c(S(N)(=O)=O)c(F)c2)c1. The van der Waals surface area contributed by atoms with Gasteiger partial charge in [-0.15, -0.1) is 0 Å². The van der Waals surface area contributed by atoms with Gasteiger partial charge in [0.1, 0.15) is 23.1 Å². The van der Waals surface area contributed by atoms with Crippen molar-refractivity contribution in [3.8, 4) is 22.4 Å². The highest BCUT2D eigenvalue weighted by molar-refractivity contribution is 7.89. The number of sulfonamides is 1. The third-order valence-electron chi connectivity index (χ3n) is 3.58. The first-order chi connectivity index (χ1) is 11.7. The molecule has 3 aromatic rings. The lowest BCUT2D eigenvalue weighted by atomic mass is 9.99. The number of rotatable bonds is 3. The molecule has 2 N–H and O–H groups in total. The molecule has 0 amide bonds. The molecule has 1 aromatic carbocycles. The predicted molar refractivity (Wildman–Crippen MR) is 85.9 cm³/mol. The van der Waals surface area contributed by atoms with Gasteiger partial charge in [-0.25, -0.2) is 22.3 Å². The van der Waals surface area contributed by atoms with Crippen molar-refractivity contribution in [2.45, 2.75) is 18.7 Å². The molecule has 0 aliphatic heterocycles. The number of aryl methyl sites for hydroxylation is 2. The molecule has 2 heterocycles. The summed E-state index contributed by atoms with van der Waals surface area (Å²) in [6, 6.07) is 3.56. The number of nitrogens with two attached hydrogens (primary N) is 1. The van der Waals surface area contributed by atoms with Crippen molar-refractivity contribution in [3.05, 3.63) is 53.6 Å². The Morgan fingerprint density at radius 1 is 1.04 bits per heavy atom. The van der Waals surface area contributed by atoms with Crippen molar-refractivity contribution < 1.29 is 21.7 Å². The number of aromatic nitrogens is 2. The molecule has 25 heavy (non-hydrogen) atoms. The van der Waals surface area contributed by atoms with Crippen LogP contribution in [0.4, 0.5) is 8.78 Å². The van der Waals surface area contributed by atoms with Crippen LogP contribution in [0.3, 0.4) is 0 Å². The van der Waals surface area contributed by atoms with E-state index in [1.165, 1.54) is 0 Å². The van der Waals surface area contributed by atoms with E-state index in [9.17, 15) is 17.2 Å². The van der Waals surface area contributed by atoms with Crippen molar-refractivity contribution in [2.24, 2.45) is 5.14 Å². The zero-order valence-electron chi connectivity index (χ0n) is 13.2. The average Bonchev–Trinajstić information content (AvgIpc) is 2.86. The van der Waals surface area contributed by atoms with Gasteiger partial charge in [-0.1, -0.05) is 5.16 Å². The third kappa shape index (κ3) is 3.15. The minimum Gasteiger partial charge on any atom is -0.360 e. The molecule has 0 spiro atoms. The summed E-state index contributed by atoms with van der Waals surface area (Å²) in [6.45, 7) is 3.42. The van der Waals surface area contributed by atoms with E-state index in [2.05, 4.69) is 10.1 Å². The van der Waals surface area contributed by atoms with E-state index in [4.69, 9.17) is 9.66 Å². The lowest BCUT2D eigenvalue weighted by Crippen LogP contribution is -2.16. The molecule has 3 rings (SSSR count). The van der Waals surface area contributed by atoms with Gasteiger partial charge in [-0.3, -0.25) is 4.98 Å². The van der Waals surface area contributed by atoms with Crippen molar-refractivity contribution in [1.29, 1.82) is 0 Å². The monoisotopic (exact) mass is 365 g/mol. The predicted octanol–water partition coefficient (Wildman–Crippen LogP) is 2.95. The molecule has 6 nitrogen and oxygen atoms in total. The number of hydrogen-bond donors (Lipinski definition) is 1. The Hall–Kier alpha value is -2.65. The van der Waals surface area contributed by atoms with E-state index in [-0.39, 0.29) is 5.56 Å². The van der Waals surface area contributed by atoms with Gasteiger partial charge in [0.2, 0.25) is 10.0 Å². The van der Waals surface area contributed by atoms with Crippen LogP contribution in [0, 0.1) is 25.5 Å². The van der Waals surface area contributed by atoms with Gasteiger partial charge in [0.05, 0.1) is 5.56 Å². The Kier molecular flexibility index (Phi) is 4.13. The van der Waals surface area contributed by atoms with Crippen molar-refractivity contribution in [1.82, 2.24) is 10.1 Å². The number of halogens is 2. The summed E-state index contributed by atoms with van der Waals surface area (Å²) in [5.41, 5.74) is 2.23. The normalized spacial score (nSPS) is 11.7. The van der Waals surface area contributed by atoms with Crippen LogP contribution in [0.15, 0.2) is 40.0 Å². The van der Waals surface area contributed by atoms with Gasteiger partial charge in [-0.05, 0) is 43.2 Å². The van der Waals surface area contributed by atoms with Crippen LogP contribution < -0.4 is 5.14 Å². The fourth-order valence-electron chi connectivity index (χ4n) is 2.57. The average molecular weight is 365 g/mol. The Morgan fingerprint density at radius 2 is 1.68 bits per heavy atom. The van der Waals surface area contributed by atoms with Crippen molar-refractivity contribution >= 4 is 10.0 Å². The fourth-order valence-corrected chi connectivity index (χ4v) is 3.23. The summed E-state index contributed by atoms with van der Waals surface area (Å²) < 4.78 is 56.1. The standard InChI is InChI=1S/C16H13F2N3O3S/c1-8-3-11(7-20-6-8)15-14(9(2)24-21-15)10-4-12(17)16(13(18)5-10)25(19,22)23/h3-7H,1-2H3,(H2,19,22,23). The van der Waals surface area contributed by atoms with Crippen LogP contribution >= 0.6 is 0 Å². The Morgan fingerprint density at radius 3 is 2.24 bits per heavy atom. The highest BCUT2D eigenvalue weighted by Gasteiger charge is 2.24. The summed E-state index contributed by atoms with van der Waals surface area (Å²) in [6.07, 6.45) is 3.19. The number of hydrogen-bond acceptors (Lipinski definition) is 5. The first kappa shape index (κ1) is 17.2. The second kappa shape index (κ2) is 6.01. The Labute approximate surface area is 142 Å². The number of pyridine rings is 1. The summed E-state index contributed by atoms with van der Waals surface area (Å²) in [5, 5.41) is 8.78. The van der Waals surface area contributed by atoms with E-state index in [1.807, 2.05) is 6.92 Å². The lowest BCUT2D eigenvalue weighted by Gasteiger charge is -2.07. The van der Waals surface area contributed by atoms with Crippen LogP contribution in [-0.4, -0.2) is 18.6 Å². The first-order valence-electron chi connectivity index (χ1n) is 7.09. The number of benzene rings is 1. The quantitative estimate of drug-likeness (QED) is 0.769. The minimum absolute atomic E-state index is 0.0812. The van der Waals surface area contributed by atoms with Crippen LogP contribution in [0.1, 0.15) is 11.3 Å². The Bertz CT molecular complexity index is 1050. The topological polar surface area (TPSA) is 99.1 Å².